The highest BCUT2D eigenvalue weighted by molar-refractivity contribution is 5.90. The Morgan fingerprint density at radius 1 is 1.28 bits per heavy atom. The molecule has 7 heteroatoms. The molecule has 7 nitrogen and oxygen atoms in total. The summed E-state index contributed by atoms with van der Waals surface area (Å²) in [6.45, 7) is 8.42. The zero-order valence-electron chi connectivity index (χ0n) is 17.4. The lowest BCUT2D eigenvalue weighted by Gasteiger charge is -2.33. The lowest BCUT2D eigenvalue weighted by atomic mass is 9.95. The van der Waals surface area contributed by atoms with Crippen molar-refractivity contribution in [2.75, 3.05) is 6.54 Å². The fourth-order valence-electron chi connectivity index (χ4n) is 4.55. The van der Waals surface area contributed by atoms with Crippen LogP contribution in [-0.2, 0) is 20.9 Å². The summed E-state index contributed by atoms with van der Waals surface area (Å²) in [7, 11) is 0. The van der Waals surface area contributed by atoms with Gasteiger partial charge in [0.1, 0.15) is 18.7 Å². The van der Waals surface area contributed by atoms with Crippen molar-refractivity contribution in [1.29, 1.82) is 0 Å². The minimum atomic E-state index is -0.981. The average molecular weight is 402 g/mol. The third-order valence-corrected chi connectivity index (χ3v) is 6.71. The summed E-state index contributed by atoms with van der Waals surface area (Å²) in [4.78, 5) is 38.9. The van der Waals surface area contributed by atoms with E-state index >= 15 is 0 Å². The first-order valence-corrected chi connectivity index (χ1v) is 10.2. The first-order valence-electron chi connectivity index (χ1n) is 10.2. The molecule has 1 saturated heterocycles. The monoisotopic (exact) mass is 402 g/mol. The van der Waals surface area contributed by atoms with Gasteiger partial charge in [0.15, 0.2) is 0 Å². The van der Waals surface area contributed by atoms with Crippen LogP contribution in [0.25, 0.3) is 0 Å². The van der Waals surface area contributed by atoms with Crippen LogP contribution in [0.4, 0.5) is 4.79 Å². The predicted octanol–water partition coefficient (Wildman–Crippen LogP) is 2.90. The van der Waals surface area contributed by atoms with E-state index in [4.69, 9.17) is 4.74 Å². The number of nitrogens with zero attached hydrogens (tertiary/aromatic N) is 1. The van der Waals surface area contributed by atoms with Crippen LogP contribution in [-0.4, -0.2) is 46.6 Å². The Morgan fingerprint density at radius 2 is 1.93 bits per heavy atom. The normalized spacial score (nSPS) is 26.2. The largest absolute Gasteiger partial charge is 0.480 e. The van der Waals surface area contributed by atoms with Crippen LogP contribution in [0.1, 0.15) is 39.7 Å². The van der Waals surface area contributed by atoms with Crippen molar-refractivity contribution < 1.29 is 24.2 Å². The van der Waals surface area contributed by atoms with Gasteiger partial charge in [-0.25, -0.2) is 9.59 Å². The summed E-state index contributed by atoms with van der Waals surface area (Å²) in [5.41, 5.74) is 0.787. The Kier molecular flexibility index (Phi) is 5.87. The molecule has 29 heavy (non-hydrogen) atoms. The lowest BCUT2D eigenvalue weighted by molar-refractivity contribution is -0.151. The second kappa shape index (κ2) is 8.05. The lowest BCUT2D eigenvalue weighted by Crippen LogP contribution is -2.56. The van der Waals surface area contributed by atoms with Gasteiger partial charge in [-0.15, -0.1) is 0 Å². The molecule has 2 fully saturated rings. The van der Waals surface area contributed by atoms with Crippen LogP contribution in [0.15, 0.2) is 30.3 Å². The molecule has 2 N–H and O–H groups in total. The maximum atomic E-state index is 13.2. The van der Waals surface area contributed by atoms with Crippen molar-refractivity contribution in [3.05, 3.63) is 35.9 Å². The highest BCUT2D eigenvalue weighted by Crippen LogP contribution is 2.64. The van der Waals surface area contributed by atoms with Crippen LogP contribution in [0, 0.1) is 23.2 Å². The molecule has 0 aromatic heterocycles. The number of fused-ring (bicyclic) bond motifs is 1. The van der Waals surface area contributed by atoms with Crippen LogP contribution < -0.4 is 5.32 Å². The molecule has 0 spiro atoms. The number of hydrogen-bond acceptors (Lipinski definition) is 4. The maximum Gasteiger partial charge on any atom is 0.408 e. The van der Waals surface area contributed by atoms with Crippen molar-refractivity contribution >= 4 is 18.0 Å². The van der Waals surface area contributed by atoms with E-state index in [2.05, 4.69) is 5.32 Å². The van der Waals surface area contributed by atoms with Crippen LogP contribution in [0.3, 0.4) is 0 Å². The molecule has 2 aliphatic rings. The molecule has 1 aromatic rings. The van der Waals surface area contributed by atoms with Crippen LogP contribution in [0.2, 0.25) is 0 Å². The number of ether oxygens (including phenoxy) is 1. The molecule has 1 aliphatic heterocycles. The smallest absolute Gasteiger partial charge is 0.408 e. The van der Waals surface area contributed by atoms with Gasteiger partial charge in [-0.2, -0.15) is 0 Å². The quantitative estimate of drug-likeness (QED) is 0.731. The van der Waals surface area contributed by atoms with Gasteiger partial charge in [0, 0.05) is 12.5 Å². The van der Waals surface area contributed by atoms with Gasteiger partial charge in [0.2, 0.25) is 5.91 Å². The van der Waals surface area contributed by atoms with E-state index in [9.17, 15) is 19.5 Å². The van der Waals surface area contributed by atoms with Crippen molar-refractivity contribution in [1.82, 2.24) is 10.2 Å². The minimum absolute atomic E-state index is 0.0356. The fraction of sp³-hybridized carbons (Fsp3) is 0.591. The number of amides is 2. The molecule has 158 valence electrons. The number of likely N-dealkylation sites (tertiary alicyclic amines) is 1. The van der Waals surface area contributed by atoms with E-state index in [-0.39, 0.29) is 35.7 Å². The summed E-state index contributed by atoms with van der Waals surface area (Å²) >= 11 is 0. The molecule has 3 rings (SSSR count). The SMILES string of the molecule is CC[C@H](C)[C@H](NC(=O)OCc1ccccc1)C(=O)N1C[C@H]2[C@@H]([C@H]1C(=O)O)C2(C)C. The Labute approximate surface area is 171 Å². The number of rotatable bonds is 7. The van der Waals surface area contributed by atoms with Crippen molar-refractivity contribution in [3.63, 3.8) is 0 Å². The summed E-state index contributed by atoms with van der Waals surface area (Å²) in [6.07, 6.45) is -0.0108. The third-order valence-electron chi connectivity index (χ3n) is 6.71. The number of alkyl carbamates (subject to hydrolysis) is 1. The second-order valence-corrected chi connectivity index (χ2v) is 8.80. The number of hydrogen-bond donors (Lipinski definition) is 2. The zero-order chi connectivity index (χ0) is 21.3. The van der Waals surface area contributed by atoms with Crippen molar-refractivity contribution in [3.8, 4) is 0 Å². The molecule has 0 bridgehead atoms. The Balaban J connectivity index is 1.67. The molecule has 1 heterocycles. The average Bonchev–Trinajstić information content (AvgIpc) is 3.05. The van der Waals surface area contributed by atoms with Gasteiger partial charge in [0.05, 0.1) is 0 Å². The summed E-state index contributed by atoms with van der Waals surface area (Å²) < 4.78 is 5.27. The van der Waals surface area contributed by atoms with Crippen molar-refractivity contribution in [2.45, 2.75) is 52.8 Å². The molecule has 0 radical (unpaired) electrons. The molecule has 5 atom stereocenters. The first-order chi connectivity index (χ1) is 13.7. The van der Waals surface area contributed by atoms with Crippen LogP contribution in [0.5, 0.6) is 0 Å². The molecular weight excluding hydrogens is 372 g/mol. The maximum absolute atomic E-state index is 13.2. The number of nitrogens with one attached hydrogen (secondary N) is 1. The highest BCUT2D eigenvalue weighted by Gasteiger charge is 2.69. The highest BCUT2D eigenvalue weighted by atomic mass is 16.5. The van der Waals surface area contributed by atoms with Gasteiger partial charge in [0.25, 0.3) is 0 Å². The van der Waals surface area contributed by atoms with E-state index in [0.29, 0.717) is 13.0 Å². The van der Waals surface area contributed by atoms with Gasteiger partial charge in [-0.1, -0.05) is 64.4 Å². The van der Waals surface area contributed by atoms with Crippen LogP contribution >= 0.6 is 0 Å². The minimum Gasteiger partial charge on any atom is -0.480 e. The second-order valence-electron chi connectivity index (χ2n) is 8.80. The summed E-state index contributed by atoms with van der Waals surface area (Å²) in [5.74, 6) is -1.31. The van der Waals surface area contributed by atoms with E-state index < -0.39 is 24.1 Å². The molecular formula is C22H30N2O5. The number of carboxylic acid groups (broad SMARTS) is 1. The van der Waals surface area contributed by atoms with E-state index in [1.165, 1.54) is 4.90 Å². The number of carbonyl (C=O) groups excluding carboxylic acids is 2. The predicted molar refractivity (Wildman–Crippen MR) is 107 cm³/mol. The zero-order valence-corrected chi connectivity index (χ0v) is 17.4. The number of carbonyl (C=O) groups is 3. The summed E-state index contributed by atoms with van der Waals surface area (Å²) in [6, 6.07) is 7.63. The topological polar surface area (TPSA) is 95.9 Å². The molecule has 1 aliphatic carbocycles. The van der Waals surface area contributed by atoms with Gasteiger partial charge in [-0.05, 0) is 22.8 Å². The Morgan fingerprint density at radius 3 is 2.52 bits per heavy atom. The third kappa shape index (κ3) is 4.09. The molecule has 1 saturated carbocycles. The van der Waals surface area contributed by atoms with E-state index in [1.54, 1.807) is 0 Å². The number of piperidine rings is 1. The Bertz CT molecular complexity index is 779. The van der Waals surface area contributed by atoms with Crippen molar-refractivity contribution in [2.24, 2.45) is 23.2 Å². The van der Waals surface area contributed by atoms with E-state index in [1.807, 2.05) is 58.0 Å². The Hall–Kier alpha value is -2.57. The number of benzene rings is 1. The van der Waals surface area contributed by atoms with E-state index in [0.717, 1.165) is 5.56 Å². The summed E-state index contributed by atoms with van der Waals surface area (Å²) in [5, 5.41) is 12.4. The first kappa shape index (κ1) is 21.1. The molecule has 1 aromatic carbocycles. The molecule has 2 amide bonds. The van der Waals surface area contributed by atoms with Gasteiger partial charge < -0.3 is 20.1 Å². The fourth-order valence-corrected chi connectivity index (χ4v) is 4.55. The number of aliphatic carboxylic acids is 1. The van der Waals surface area contributed by atoms with Gasteiger partial charge >= 0.3 is 12.1 Å². The standard InChI is InChI=1S/C22H30N2O5/c1-5-13(2)17(23-21(28)29-12-14-9-7-6-8-10-14)19(25)24-11-15-16(22(15,3)4)18(24)20(26)27/h6-10,13,15-18H,5,11-12H2,1-4H3,(H,23,28)(H,26,27)/t13-,15-,16-,17-,18-/m0/s1. The molecule has 0 unspecified atom stereocenters. The van der Waals surface area contributed by atoms with Gasteiger partial charge in [-0.3, -0.25) is 4.79 Å². The number of carboxylic acids is 1.